The number of thiophene rings is 1. The topological polar surface area (TPSA) is 107 Å². The largest absolute Gasteiger partial charge is 0.339 e. The molecule has 4 heterocycles. The smallest absolute Gasteiger partial charge is 0.257 e. The summed E-state index contributed by atoms with van der Waals surface area (Å²) in [7, 11) is -3.65. The number of carbonyl (C=O) groups is 3. The number of amides is 3. The van der Waals surface area contributed by atoms with Crippen molar-refractivity contribution in [2.24, 2.45) is 11.8 Å². The molecule has 1 aromatic heterocycles. The Morgan fingerprint density at radius 2 is 1.57 bits per heavy atom. The minimum Gasteiger partial charge on any atom is -0.339 e. The molecule has 2 atom stereocenters. The molecule has 2 unspecified atom stereocenters. The van der Waals surface area contributed by atoms with Crippen molar-refractivity contribution in [3.8, 4) is 0 Å². The zero-order valence-corrected chi connectivity index (χ0v) is 25.1. The fourth-order valence-corrected chi connectivity index (χ4v) is 9.08. The maximum atomic E-state index is 13.7. The van der Waals surface area contributed by atoms with E-state index in [1.807, 2.05) is 4.90 Å². The van der Waals surface area contributed by atoms with Crippen molar-refractivity contribution < 1.29 is 22.8 Å². The lowest BCUT2D eigenvalue weighted by molar-refractivity contribution is -0.129. The Morgan fingerprint density at radius 3 is 2.20 bits per heavy atom. The van der Waals surface area contributed by atoms with Gasteiger partial charge in [0.25, 0.3) is 11.8 Å². The van der Waals surface area contributed by atoms with Crippen LogP contribution >= 0.6 is 11.3 Å². The van der Waals surface area contributed by atoms with Gasteiger partial charge in [-0.3, -0.25) is 14.4 Å². The molecule has 0 bridgehead atoms. The SMILES string of the molecule is CC(=O)N1CCc2c(sc(NC(=O)c3ccc(S(=O)(=O)N4CC(C)CC(C)C4)cc3)c2C(=O)N2CCCCC2)C1. The number of rotatable bonds is 5. The van der Waals surface area contributed by atoms with Crippen molar-refractivity contribution in [3.05, 3.63) is 45.8 Å². The van der Waals surface area contributed by atoms with Crippen LogP contribution in [-0.4, -0.2) is 73.0 Å². The first-order chi connectivity index (χ1) is 19.0. The fourth-order valence-electron chi connectivity index (χ4n) is 6.15. The normalized spacial score (nSPS) is 22.1. The molecule has 216 valence electrons. The highest BCUT2D eigenvalue weighted by molar-refractivity contribution is 7.89. The van der Waals surface area contributed by atoms with Gasteiger partial charge in [-0.25, -0.2) is 8.42 Å². The van der Waals surface area contributed by atoms with Crippen LogP contribution in [0.4, 0.5) is 5.00 Å². The van der Waals surface area contributed by atoms with E-state index >= 15 is 0 Å². The first kappa shape index (κ1) is 28.8. The Bertz CT molecular complexity index is 1390. The van der Waals surface area contributed by atoms with Gasteiger partial charge in [-0.05, 0) is 73.8 Å². The van der Waals surface area contributed by atoms with Crippen LogP contribution < -0.4 is 5.32 Å². The number of benzene rings is 1. The van der Waals surface area contributed by atoms with E-state index in [1.165, 1.54) is 42.5 Å². The molecule has 3 amide bonds. The molecule has 40 heavy (non-hydrogen) atoms. The molecule has 2 aromatic rings. The van der Waals surface area contributed by atoms with E-state index in [2.05, 4.69) is 19.2 Å². The van der Waals surface area contributed by atoms with Crippen LogP contribution in [0.1, 0.15) is 77.6 Å². The Kier molecular flexibility index (Phi) is 8.35. The Morgan fingerprint density at radius 1 is 0.925 bits per heavy atom. The van der Waals surface area contributed by atoms with Crippen LogP contribution in [-0.2, 0) is 27.8 Å². The Balaban J connectivity index is 1.38. The summed E-state index contributed by atoms with van der Waals surface area (Å²) in [5.74, 6) is 0.0975. The van der Waals surface area contributed by atoms with Gasteiger partial charge in [-0.2, -0.15) is 4.31 Å². The Labute approximate surface area is 240 Å². The second-order valence-electron chi connectivity index (χ2n) is 11.5. The van der Waals surface area contributed by atoms with E-state index in [9.17, 15) is 22.8 Å². The standard InChI is InChI=1S/C29H38N4O5S2/c1-19-15-20(2)17-33(16-19)40(37,38)23-9-7-22(8-10-23)27(35)30-28-26(29(36)31-12-5-4-6-13-31)24-11-14-32(21(3)34)18-25(24)39-28/h7-10,19-20H,4-6,11-18H2,1-3H3,(H,30,35). The van der Waals surface area contributed by atoms with Crippen molar-refractivity contribution in [2.75, 3.05) is 38.0 Å². The quantitative estimate of drug-likeness (QED) is 0.565. The summed E-state index contributed by atoms with van der Waals surface area (Å²) >= 11 is 1.35. The summed E-state index contributed by atoms with van der Waals surface area (Å²) in [5.41, 5.74) is 1.76. The van der Waals surface area contributed by atoms with Gasteiger partial charge in [0.2, 0.25) is 15.9 Å². The summed E-state index contributed by atoms with van der Waals surface area (Å²) < 4.78 is 28.1. The summed E-state index contributed by atoms with van der Waals surface area (Å²) in [5, 5.41) is 3.44. The van der Waals surface area contributed by atoms with Crippen LogP contribution in [0.3, 0.4) is 0 Å². The molecular weight excluding hydrogens is 548 g/mol. The molecule has 3 aliphatic heterocycles. The zero-order chi connectivity index (χ0) is 28.6. The first-order valence-corrected chi connectivity index (χ1v) is 16.4. The number of fused-ring (bicyclic) bond motifs is 1. The molecule has 1 N–H and O–H groups in total. The second-order valence-corrected chi connectivity index (χ2v) is 14.5. The highest BCUT2D eigenvalue weighted by atomic mass is 32.2. The molecule has 9 nitrogen and oxygen atoms in total. The molecule has 0 radical (unpaired) electrons. The average molecular weight is 587 g/mol. The zero-order valence-electron chi connectivity index (χ0n) is 23.4. The van der Waals surface area contributed by atoms with Crippen LogP contribution in [0.5, 0.6) is 0 Å². The molecule has 0 saturated carbocycles. The number of carbonyl (C=O) groups excluding carboxylic acids is 3. The molecule has 11 heteroatoms. The molecule has 0 spiro atoms. The highest BCUT2D eigenvalue weighted by Crippen LogP contribution is 2.39. The monoisotopic (exact) mass is 586 g/mol. The van der Waals surface area contributed by atoms with E-state index in [1.54, 1.807) is 9.21 Å². The van der Waals surface area contributed by atoms with Crippen molar-refractivity contribution in [2.45, 2.75) is 64.3 Å². The van der Waals surface area contributed by atoms with E-state index in [0.29, 0.717) is 73.7 Å². The number of piperidine rings is 2. The lowest BCUT2D eigenvalue weighted by Gasteiger charge is -2.34. The number of hydrogen-bond acceptors (Lipinski definition) is 6. The van der Waals surface area contributed by atoms with Gasteiger partial charge in [-0.1, -0.05) is 13.8 Å². The van der Waals surface area contributed by atoms with E-state index in [4.69, 9.17) is 0 Å². The van der Waals surface area contributed by atoms with Gasteiger partial charge in [-0.15, -0.1) is 11.3 Å². The second kappa shape index (κ2) is 11.6. The van der Waals surface area contributed by atoms with Crippen LogP contribution in [0.2, 0.25) is 0 Å². The lowest BCUT2D eigenvalue weighted by Crippen LogP contribution is -2.42. The predicted molar refractivity (Wildman–Crippen MR) is 155 cm³/mol. The van der Waals surface area contributed by atoms with E-state index in [-0.39, 0.29) is 16.7 Å². The van der Waals surface area contributed by atoms with Crippen LogP contribution in [0.25, 0.3) is 0 Å². The van der Waals surface area contributed by atoms with Crippen molar-refractivity contribution in [1.82, 2.24) is 14.1 Å². The number of nitrogens with one attached hydrogen (secondary N) is 1. The number of nitrogens with zero attached hydrogens (tertiary/aromatic N) is 3. The van der Waals surface area contributed by atoms with Gasteiger partial charge in [0, 0.05) is 50.1 Å². The minimum absolute atomic E-state index is 0.0166. The van der Waals surface area contributed by atoms with Gasteiger partial charge in [0.1, 0.15) is 5.00 Å². The summed E-state index contributed by atoms with van der Waals surface area (Å²) in [6.07, 6.45) is 4.60. The molecular formula is C29H38N4O5S2. The van der Waals surface area contributed by atoms with Gasteiger partial charge in [0.05, 0.1) is 17.0 Å². The van der Waals surface area contributed by atoms with Gasteiger partial charge >= 0.3 is 0 Å². The summed E-state index contributed by atoms with van der Waals surface area (Å²) in [4.78, 5) is 43.7. The van der Waals surface area contributed by atoms with Gasteiger partial charge in [0.15, 0.2) is 0 Å². The highest BCUT2D eigenvalue weighted by Gasteiger charge is 2.33. The fraction of sp³-hybridized carbons (Fsp3) is 0.552. The third-order valence-corrected chi connectivity index (χ3v) is 11.2. The summed E-state index contributed by atoms with van der Waals surface area (Å²) in [6, 6.07) is 6.02. The average Bonchev–Trinajstić information content (AvgIpc) is 3.29. The number of hydrogen-bond donors (Lipinski definition) is 1. The summed E-state index contributed by atoms with van der Waals surface area (Å²) in [6.45, 7) is 9.01. The van der Waals surface area contributed by atoms with Gasteiger partial charge < -0.3 is 15.1 Å². The lowest BCUT2D eigenvalue weighted by atomic mass is 9.94. The van der Waals surface area contributed by atoms with Crippen LogP contribution in [0, 0.1) is 11.8 Å². The first-order valence-electron chi connectivity index (χ1n) is 14.2. The number of anilines is 1. The maximum absolute atomic E-state index is 13.7. The third kappa shape index (κ3) is 5.82. The van der Waals surface area contributed by atoms with Crippen molar-refractivity contribution in [1.29, 1.82) is 0 Å². The number of sulfonamides is 1. The molecule has 5 rings (SSSR count). The third-order valence-electron chi connectivity index (χ3n) is 8.18. The molecule has 2 saturated heterocycles. The molecule has 2 fully saturated rings. The predicted octanol–water partition coefficient (Wildman–Crippen LogP) is 4.20. The molecule has 0 aliphatic carbocycles. The minimum atomic E-state index is -3.65. The van der Waals surface area contributed by atoms with E-state index in [0.717, 1.165) is 36.1 Å². The van der Waals surface area contributed by atoms with Crippen molar-refractivity contribution in [3.63, 3.8) is 0 Å². The number of likely N-dealkylation sites (tertiary alicyclic amines) is 1. The van der Waals surface area contributed by atoms with E-state index < -0.39 is 15.9 Å². The molecule has 1 aromatic carbocycles. The molecule has 3 aliphatic rings. The maximum Gasteiger partial charge on any atom is 0.257 e. The van der Waals surface area contributed by atoms with Crippen LogP contribution in [0.15, 0.2) is 29.2 Å². The van der Waals surface area contributed by atoms with Crippen molar-refractivity contribution >= 4 is 44.1 Å². The Hall–Kier alpha value is -2.76.